The van der Waals surface area contributed by atoms with Crippen LogP contribution in [0.2, 0.25) is 10.0 Å². The summed E-state index contributed by atoms with van der Waals surface area (Å²) in [6.45, 7) is 2.07. The number of halogens is 3. The van der Waals surface area contributed by atoms with E-state index in [1.54, 1.807) is 12.1 Å². The van der Waals surface area contributed by atoms with Crippen LogP contribution in [0.5, 0.6) is 11.5 Å². The van der Waals surface area contributed by atoms with Crippen LogP contribution in [0, 0.1) is 11.3 Å². The lowest BCUT2D eigenvalue weighted by Gasteiger charge is -2.10. The van der Waals surface area contributed by atoms with Gasteiger partial charge in [0.15, 0.2) is 0 Å². The number of rotatable bonds is 3. The van der Waals surface area contributed by atoms with Crippen LogP contribution in [0.1, 0.15) is 18.1 Å². The quantitative estimate of drug-likeness (QED) is 0.665. The molecule has 0 heterocycles. The number of nitriles is 1. The van der Waals surface area contributed by atoms with Crippen LogP contribution in [0.3, 0.4) is 0 Å². The summed E-state index contributed by atoms with van der Waals surface area (Å²) in [5.74, 6) is 1.20. The molecule has 2 nitrogen and oxygen atoms in total. The van der Waals surface area contributed by atoms with Crippen LogP contribution in [-0.2, 0) is 6.42 Å². The molecule has 0 saturated carbocycles. The predicted octanol–water partition coefficient (Wildman–Crippen LogP) is 5.98. The number of nitrogens with zero attached hydrogens (tertiary/aromatic N) is 1. The largest absolute Gasteiger partial charge is 0.457 e. The van der Waals surface area contributed by atoms with Gasteiger partial charge in [-0.15, -0.1) is 0 Å². The number of hydrogen-bond acceptors (Lipinski definition) is 2. The Balaban J connectivity index is 2.33. The Morgan fingerprint density at radius 1 is 1.15 bits per heavy atom. The highest BCUT2D eigenvalue weighted by atomic mass is 79.9. The molecule has 0 bridgehead atoms. The topological polar surface area (TPSA) is 33.0 Å². The summed E-state index contributed by atoms with van der Waals surface area (Å²) in [5, 5.41) is 9.47. The van der Waals surface area contributed by atoms with Gasteiger partial charge in [0, 0.05) is 16.6 Å². The minimum absolute atomic E-state index is 0.255. The summed E-state index contributed by atoms with van der Waals surface area (Å²) in [7, 11) is 0. The first kappa shape index (κ1) is 15.2. The van der Waals surface area contributed by atoms with Crippen LogP contribution in [0.4, 0.5) is 0 Å². The average molecular weight is 371 g/mol. The third-order valence-electron chi connectivity index (χ3n) is 2.76. The molecular formula is C15H10BrCl2NO. The molecule has 0 atom stereocenters. The molecular weight excluding hydrogens is 361 g/mol. The van der Waals surface area contributed by atoms with Crippen molar-refractivity contribution in [3.05, 3.63) is 56.0 Å². The highest BCUT2D eigenvalue weighted by molar-refractivity contribution is 9.10. The van der Waals surface area contributed by atoms with E-state index in [-0.39, 0.29) is 15.6 Å². The fourth-order valence-electron chi connectivity index (χ4n) is 1.74. The number of benzene rings is 2. The Bertz CT molecular complexity index is 672. The van der Waals surface area contributed by atoms with E-state index in [1.165, 1.54) is 0 Å². The first-order valence-electron chi connectivity index (χ1n) is 5.90. The van der Waals surface area contributed by atoms with Gasteiger partial charge in [-0.2, -0.15) is 5.26 Å². The molecule has 0 spiro atoms. The molecule has 0 aliphatic heterocycles. The second-order valence-electron chi connectivity index (χ2n) is 4.08. The molecule has 0 radical (unpaired) electrons. The molecule has 0 unspecified atom stereocenters. The molecule has 0 N–H and O–H groups in total. The van der Waals surface area contributed by atoms with Gasteiger partial charge < -0.3 is 4.74 Å². The molecule has 0 aromatic heterocycles. The maximum atomic E-state index is 8.91. The van der Waals surface area contributed by atoms with Crippen molar-refractivity contribution in [2.24, 2.45) is 0 Å². The van der Waals surface area contributed by atoms with Gasteiger partial charge in [-0.3, -0.25) is 0 Å². The smallest absolute Gasteiger partial charge is 0.130 e. The third kappa shape index (κ3) is 3.27. The van der Waals surface area contributed by atoms with E-state index in [9.17, 15) is 0 Å². The fourth-order valence-corrected chi connectivity index (χ4v) is 2.82. The summed E-state index contributed by atoms with van der Waals surface area (Å²) in [5.41, 5.74) is 1.40. The standard InChI is InChI=1S/C15H10BrCl2NO/c1-2-9-5-10(3-4-13(9)16)20-11-6-14(17)12(8-19)15(18)7-11/h3-7H,2H2,1H3. The van der Waals surface area contributed by atoms with Gasteiger partial charge in [0.1, 0.15) is 17.6 Å². The Morgan fingerprint density at radius 3 is 2.35 bits per heavy atom. The zero-order chi connectivity index (χ0) is 14.7. The first-order valence-corrected chi connectivity index (χ1v) is 7.45. The van der Waals surface area contributed by atoms with E-state index >= 15 is 0 Å². The van der Waals surface area contributed by atoms with Crippen molar-refractivity contribution in [1.29, 1.82) is 5.26 Å². The van der Waals surface area contributed by atoms with E-state index in [4.69, 9.17) is 33.2 Å². The first-order chi connectivity index (χ1) is 9.55. The van der Waals surface area contributed by atoms with Gasteiger partial charge in [-0.05, 0) is 30.2 Å². The minimum Gasteiger partial charge on any atom is -0.457 e. The Kier molecular flexibility index (Phi) is 4.93. The van der Waals surface area contributed by atoms with E-state index in [0.29, 0.717) is 11.5 Å². The molecule has 0 fully saturated rings. The summed E-state index contributed by atoms with van der Waals surface area (Å²) < 4.78 is 6.78. The normalized spacial score (nSPS) is 10.2. The molecule has 20 heavy (non-hydrogen) atoms. The van der Waals surface area contributed by atoms with Crippen LogP contribution in [-0.4, -0.2) is 0 Å². The Morgan fingerprint density at radius 2 is 1.80 bits per heavy atom. The summed E-state index contributed by atoms with van der Waals surface area (Å²) in [4.78, 5) is 0. The molecule has 0 aliphatic carbocycles. The summed E-state index contributed by atoms with van der Waals surface area (Å²) >= 11 is 15.5. The third-order valence-corrected chi connectivity index (χ3v) is 4.13. The molecule has 102 valence electrons. The predicted molar refractivity (Wildman–Crippen MR) is 84.8 cm³/mol. The molecule has 0 aliphatic rings. The van der Waals surface area contributed by atoms with Crippen LogP contribution in [0.15, 0.2) is 34.8 Å². The summed E-state index contributed by atoms with van der Waals surface area (Å²) in [6.07, 6.45) is 0.896. The van der Waals surface area contributed by atoms with Crippen molar-refractivity contribution < 1.29 is 4.74 Å². The lowest BCUT2D eigenvalue weighted by Crippen LogP contribution is -1.89. The summed E-state index contributed by atoms with van der Waals surface area (Å²) in [6, 6.07) is 10.9. The molecule has 2 rings (SSSR count). The molecule has 2 aromatic rings. The zero-order valence-electron chi connectivity index (χ0n) is 10.6. The number of ether oxygens (including phenoxy) is 1. The monoisotopic (exact) mass is 369 g/mol. The van der Waals surface area contributed by atoms with Crippen molar-refractivity contribution in [1.82, 2.24) is 0 Å². The minimum atomic E-state index is 0.255. The van der Waals surface area contributed by atoms with E-state index in [1.807, 2.05) is 24.3 Å². The molecule has 2 aromatic carbocycles. The lowest BCUT2D eigenvalue weighted by atomic mass is 10.1. The second kappa shape index (κ2) is 6.49. The molecule has 5 heteroatoms. The van der Waals surface area contributed by atoms with E-state index in [0.717, 1.165) is 16.5 Å². The van der Waals surface area contributed by atoms with Gasteiger partial charge >= 0.3 is 0 Å². The molecule has 0 saturated heterocycles. The molecule has 0 amide bonds. The number of aryl methyl sites for hydroxylation is 1. The van der Waals surface area contributed by atoms with Crippen LogP contribution < -0.4 is 4.74 Å². The van der Waals surface area contributed by atoms with Gasteiger partial charge in [0.05, 0.1) is 15.6 Å². The highest BCUT2D eigenvalue weighted by Gasteiger charge is 2.09. The lowest BCUT2D eigenvalue weighted by molar-refractivity contribution is 0.482. The van der Waals surface area contributed by atoms with Crippen LogP contribution in [0.25, 0.3) is 0 Å². The highest BCUT2D eigenvalue weighted by Crippen LogP contribution is 2.33. The van der Waals surface area contributed by atoms with Crippen molar-refractivity contribution >= 4 is 39.1 Å². The van der Waals surface area contributed by atoms with Gasteiger partial charge in [-0.1, -0.05) is 46.1 Å². The van der Waals surface area contributed by atoms with Crippen molar-refractivity contribution in [2.45, 2.75) is 13.3 Å². The second-order valence-corrected chi connectivity index (χ2v) is 5.75. The van der Waals surface area contributed by atoms with Gasteiger partial charge in [0.2, 0.25) is 0 Å². The van der Waals surface area contributed by atoms with E-state index < -0.39 is 0 Å². The maximum Gasteiger partial charge on any atom is 0.130 e. The van der Waals surface area contributed by atoms with Gasteiger partial charge in [0.25, 0.3) is 0 Å². The van der Waals surface area contributed by atoms with Gasteiger partial charge in [-0.25, -0.2) is 0 Å². The van der Waals surface area contributed by atoms with Crippen LogP contribution >= 0.6 is 39.1 Å². The maximum absolute atomic E-state index is 8.91. The van der Waals surface area contributed by atoms with Crippen molar-refractivity contribution in [3.8, 4) is 17.6 Å². The Labute approximate surface area is 136 Å². The fraction of sp³-hybridized carbons (Fsp3) is 0.133. The van der Waals surface area contributed by atoms with Crippen molar-refractivity contribution in [3.63, 3.8) is 0 Å². The SMILES string of the molecule is CCc1cc(Oc2cc(Cl)c(C#N)c(Cl)c2)ccc1Br. The number of hydrogen-bond donors (Lipinski definition) is 0. The average Bonchev–Trinajstić information content (AvgIpc) is 2.40. The Hall–Kier alpha value is -1.21. The zero-order valence-corrected chi connectivity index (χ0v) is 13.7. The van der Waals surface area contributed by atoms with E-state index in [2.05, 4.69) is 22.9 Å². The van der Waals surface area contributed by atoms with Crippen molar-refractivity contribution in [2.75, 3.05) is 0 Å².